The molecule has 0 bridgehead atoms. The van der Waals surface area contributed by atoms with E-state index in [1.54, 1.807) is 6.92 Å². The Balaban J connectivity index is 2.33. The number of hydrogen-bond donors (Lipinski definition) is 2. The van der Waals surface area contributed by atoms with Gasteiger partial charge in [-0.3, -0.25) is 10.2 Å². The Morgan fingerprint density at radius 1 is 1.54 bits per heavy atom. The topological polar surface area (TPSA) is 67.4 Å². The van der Waals surface area contributed by atoms with Crippen LogP contribution in [0.5, 0.6) is 0 Å². The first-order chi connectivity index (χ1) is 6.24. The zero-order chi connectivity index (χ0) is 9.68. The van der Waals surface area contributed by atoms with Gasteiger partial charge in [-0.25, -0.2) is 10.2 Å². The second kappa shape index (κ2) is 4.94. The normalized spacial score (nSPS) is 22.4. The third-order valence-electron chi connectivity index (χ3n) is 1.86. The van der Waals surface area contributed by atoms with Crippen molar-refractivity contribution in [1.82, 2.24) is 10.9 Å². The number of hydrogen-bond acceptors (Lipinski definition) is 5. The van der Waals surface area contributed by atoms with E-state index in [-0.39, 0.29) is 12.5 Å². The number of carbonyl (C=O) groups is 2. The maximum Gasteiger partial charge on any atom is 0.332 e. The van der Waals surface area contributed by atoms with Crippen LogP contribution < -0.4 is 10.9 Å². The Hall–Kier alpha value is -0.940. The molecule has 1 fully saturated rings. The van der Waals surface area contributed by atoms with Crippen molar-refractivity contribution in [2.75, 3.05) is 6.54 Å². The summed E-state index contributed by atoms with van der Waals surface area (Å²) in [7, 11) is 0. The van der Waals surface area contributed by atoms with Gasteiger partial charge in [0.1, 0.15) is 6.04 Å². The van der Waals surface area contributed by atoms with Crippen molar-refractivity contribution in [3.05, 3.63) is 0 Å². The highest BCUT2D eigenvalue weighted by Gasteiger charge is 2.23. The minimum absolute atomic E-state index is 0.228. The minimum atomic E-state index is -0.487. The summed E-state index contributed by atoms with van der Waals surface area (Å²) in [6, 6.07) is -0.385. The molecule has 1 heterocycles. The summed E-state index contributed by atoms with van der Waals surface area (Å²) < 4.78 is 4.56. The van der Waals surface area contributed by atoms with Crippen LogP contribution in [-0.4, -0.2) is 24.5 Å². The fraction of sp³-hybridized carbons (Fsp3) is 0.750. The smallest absolute Gasteiger partial charge is 0.332 e. The molecule has 13 heavy (non-hydrogen) atoms. The van der Waals surface area contributed by atoms with E-state index in [4.69, 9.17) is 0 Å². The van der Waals surface area contributed by atoms with Crippen molar-refractivity contribution in [2.45, 2.75) is 32.2 Å². The van der Waals surface area contributed by atoms with Gasteiger partial charge in [0, 0.05) is 13.0 Å². The number of hydrazine groups is 1. The van der Waals surface area contributed by atoms with E-state index in [0.29, 0.717) is 6.42 Å². The molecular formula is C8H14N2O3. The number of ether oxygens (including phenoxy) is 1. The van der Waals surface area contributed by atoms with Crippen molar-refractivity contribution in [3.8, 4) is 0 Å². The van der Waals surface area contributed by atoms with Gasteiger partial charge in [0.05, 0.1) is 0 Å². The summed E-state index contributed by atoms with van der Waals surface area (Å²) in [4.78, 5) is 22.0. The first-order valence-electron chi connectivity index (χ1n) is 4.47. The van der Waals surface area contributed by atoms with Crippen LogP contribution in [0.25, 0.3) is 0 Å². The molecule has 5 heteroatoms. The molecule has 0 spiro atoms. The molecule has 1 rings (SSSR count). The average molecular weight is 186 g/mol. The summed E-state index contributed by atoms with van der Waals surface area (Å²) in [5.41, 5.74) is 5.62. The summed E-state index contributed by atoms with van der Waals surface area (Å²) in [5.74, 6) is -0.962. The summed E-state index contributed by atoms with van der Waals surface area (Å²) >= 11 is 0. The van der Waals surface area contributed by atoms with Crippen molar-refractivity contribution in [3.63, 3.8) is 0 Å². The van der Waals surface area contributed by atoms with Crippen LogP contribution in [0, 0.1) is 0 Å². The first-order valence-corrected chi connectivity index (χ1v) is 4.47. The minimum Gasteiger partial charge on any atom is -0.392 e. The Morgan fingerprint density at radius 2 is 2.31 bits per heavy atom. The highest BCUT2D eigenvalue weighted by Crippen LogP contribution is 2.02. The Bertz CT molecular complexity index is 200. The number of rotatable bonds is 2. The van der Waals surface area contributed by atoms with E-state index in [0.717, 1.165) is 13.0 Å². The fourth-order valence-electron chi connectivity index (χ4n) is 1.09. The second-order valence-electron chi connectivity index (χ2n) is 2.91. The zero-order valence-corrected chi connectivity index (χ0v) is 7.63. The lowest BCUT2D eigenvalue weighted by Crippen LogP contribution is -2.50. The van der Waals surface area contributed by atoms with Crippen LogP contribution >= 0.6 is 0 Å². The van der Waals surface area contributed by atoms with Crippen LogP contribution in [0.1, 0.15) is 26.2 Å². The molecule has 0 amide bonds. The van der Waals surface area contributed by atoms with Crippen molar-refractivity contribution >= 4 is 11.9 Å². The highest BCUT2D eigenvalue weighted by atomic mass is 16.6. The van der Waals surface area contributed by atoms with Crippen LogP contribution in [0.4, 0.5) is 0 Å². The van der Waals surface area contributed by atoms with Gasteiger partial charge in [-0.05, 0) is 12.8 Å². The molecule has 1 aliphatic heterocycles. The van der Waals surface area contributed by atoms with E-state index >= 15 is 0 Å². The van der Waals surface area contributed by atoms with Crippen LogP contribution in [0.3, 0.4) is 0 Å². The third kappa shape index (κ3) is 3.12. The van der Waals surface area contributed by atoms with Gasteiger partial charge in [0.2, 0.25) is 0 Å². The number of esters is 2. The SMILES string of the molecule is CCC(=O)OC(=O)C1CCCNN1. The fourth-order valence-corrected chi connectivity index (χ4v) is 1.09. The number of carbonyl (C=O) groups excluding carboxylic acids is 2. The lowest BCUT2D eigenvalue weighted by Gasteiger charge is -2.21. The van der Waals surface area contributed by atoms with Gasteiger partial charge in [0.15, 0.2) is 0 Å². The van der Waals surface area contributed by atoms with E-state index in [2.05, 4.69) is 15.6 Å². The molecule has 1 unspecified atom stereocenters. The Kier molecular flexibility index (Phi) is 3.85. The van der Waals surface area contributed by atoms with Gasteiger partial charge in [-0.15, -0.1) is 0 Å². The van der Waals surface area contributed by atoms with Gasteiger partial charge in [-0.1, -0.05) is 6.92 Å². The largest absolute Gasteiger partial charge is 0.392 e. The molecule has 0 aromatic heterocycles. The van der Waals surface area contributed by atoms with Crippen LogP contribution in [-0.2, 0) is 14.3 Å². The molecule has 5 nitrogen and oxygen atoms in total. The maximum absolute atomic E-state index is 11.2. The van der Waals surface area contributed by atoms with Gasteiger partial charge >= 0.3 is 11.9 Å². The molecule has 2 N–H and O–H groups in total. The molecule has 1 aliphatic rings. The number of nitrogens with one attached hydrogen (secondary N) is 2. The predicted molar refractivity (Wildman–Crippen MR) is 45.6 cm³/mol. The average Bonchev–Trinajstić information content (AvgIpc) is 2.19. The second-order valence-corrected chi connectivity index (χ2v) is 2.91. The molecule has 1 saturated heterocycles. The molecule has 0 aliphatic carbocycles. The van der Waals surface area contributed by atoms with Crippen LogP contribution in [0.15, 0.2) is 0 Å². The molecule has 1 atom stereocenters. The summed E-state index contributed by atoms with van der Waals surface area (Å²) in [6.07, 6.45) is 1.85. The van der Waals surface area contributed by atoms with E-state index in [9.17, 15) is 9.59 Å². The van der Waals surface area contributed by atoms with Crippen LogP contribution in [0.2, 0.25) is 0 Å². The lowest BCUT2D eigenvalue weighted by molar-refractivity contribution is -0.161. The van der Waals surface area contributed by atoms with Gasteiger partial charge in [0.25, 0.3) is 0 Å². The molecular weight excluding hydrogens is 172 g/mol. The highest BCUT2D eigenvalue weighted by molar-refractivity contribution is 5.88. The van der Waals surface area contributed by atoms with Crippen molar-refractivity contribution in [2.24, 2.45) is 0 Å². The quantitative estimate of drug-likeness (QED) is 0.458. The summed E-state index contributed by atoms with van der Waals surface area (Å²) in [6.45, 7) is 2.49. The first kappa shape index (κ1) is 10.1. The monoisotopic (exact) mass is 186 g/mol. The maximum atomic E-state index is 11.2. The van der Waals surface area contributed by atoms with Gasteiger partial charge < -0.3 is 4.74 Å². The van der Waals surface area contributed by atoms with E-state index < -0.39 is 11.9 Å². The molecule has 0 aromatic rings. The zero-order valence-electron chi connectivity index (χ0n) is 7.63. The van der Waals surface area contributed by atoms with Crippen molar-refractivity contribution < 1.29 is 14.3 Å². The third-order valence-corrected chi connectivity index (χ3v) is 1.86. The Morgan fingerprint density at radius 3 is 2.85 bits per heavy atom. The summed E-state index contributed by atoms with van der Waals surface area (Å²) in [5, 5.41) is 0. The molecule has 74 valence electrons. The van der Waals surface area contributed by atoms with E-state index in [1.807, 2.05) is 0 Å². The Labute approximate surface area is 76.8 Å². The lowest BCUT2D eigenvalue weighted by atomic mass is 10.1. The van der Waals surface area contributed by atoms with Gasteiger partial charge in [-0.2, -0.15) is 0 Å². The molecule has 0 radical (unpaired) electrons. The molecule has 0 aromatic carbocycles. The molecule has 0 saturated carbocycles. The predicted octanol–water partition coefficient (Wildman–Crippen LogP) is -0.277. The van der Waals surface area contributed by atoms with E-state index in [1.165, 1.54) is 0 Å². The standard InChI is InChI=1S/C8H14N2O3/c1-2-7(11)13-8(12)6-4-3-5-9-10-6/h6,9-10H,2-5H2,1H3. The van der Waals surface area contributed by atoms with Crippen molar-refractivity contribution in [1.29, 1.82) is 0 Å².